The van der Waals surface area contributed by atoms with Gasteiger partial charge in [0.05, 0.1) is 0 Å². The molecule has 6 aromatic rings. The van der Waals surface area contributed by atoms with Crippen LogP contribution in [0.3, 0.4) is 0 Å². The molecule has 0 saturated heterocycles. The number of hydrogen-bond acceptors (Lipinski definition) is 0. The molecule has 51 heavy (non-hydrogen) atoms. The molecule has 0 aromatic heterocycles. The third kappa shape index (κ3) is 15.4. The van der Waals surface area contributed by atoms with Crippen LogP contribution in [0.2, 0.25) is 0 Å². The maximum absolute atomic E-state index is 4.04. The fourth-order valence-corrected chi connectivity index (χ4v) is 4.93. The minimum atomic E-state index is -0.370. The topological polar surface area (TPSA) is 0 Å². The number of hydrogen-bond donors (Lipinski definition) is 0. The van der Waals surface area contributed by atoms with Crippen molar-refractivity contribution in [1.82, 2.24) is 0 Å². The summed E-state index contributed by atoms with van der Waals surface area (Å²) in [6.07, 6.45) is 1.88. The average molecular weight is 702 g/mol. The zero-order valence-electron chi connectivity index (χ0n) is 30.4. The van der Waals surface area contributed by atoms with Crippen LogP contribution >= 0.6 is 15.8 Å². The molecule has 0 heterocycles. The van der Waals surface area contributed by atoms with Gasteiger partial charge in [-0.2, -0.15) is 0 Å². The number of benzene rings is 6. The minimum Gasteiger partial charge on any atom is -0.109 e. The SMILES string of the molecule is [CH2]P([CH2])C.[CH2]P([CH2])[CH2].[CH2]c1ccccc1-c1ccccc1C.[CH2]c1ccccc1-c1ccccc1C=C.[CH2]c1ccccc1-c1ccccc1[CH2]. The van der Waals surface area contributed by atoms with E-state index in [2.05, 4.69) is 141 Å². The van der Waals surface area contributed by atoms with Crippen LogP contribution < -0.4 is 0 Å². The van der Waals surface area contributed by atoms with Gasteiger partial charge in [0.15, 0.2) is 0 Å². The fourth-order valence-electron chi connectivity index (χ4n) is 4.93. The van der Waals surface area contributed by atoms with Crippen molar-refractivity contribution in [2.45, 2.75) is 6.92 Å². The van der Waals surface area contributed by atoms with Crippen LogP contribution in [0.25, 0.3) is 39.5 Å². The van der Waals surface area contributed by atoms with E-state index in [9.17, 15) is 0 Å². The van der Waals surface area contributed by atoms with Gasteiger partial charge in [-0.1, -0.05) is 158 Å². The molecular weight excluding hydrogens is 650 g/mol. The Kier molecular flexibility index (Phi) is 19.8. The minimum absolute atomic E-state index is 0.120. The molecule has 0 aliphatic rings. The van der Waals surface area contributed by atoms with Gasteiger partial charge < -0.3 is 0 Å². The highest BCUT2D eigenvalue weighted by Gasteiger charge is 2.05. The van der Waals surface area contributed by atoms with Gasteiger partial charge in [-0.25, -0.2) is 0 Å². The fraction of sp³-hybridized carbons (Fsp3) is 0.0408. The Labute approximate surface area is 314 Å². The first-order valence-electron chi connectivity index (χ1n) is 16.4. The van der Waals surface area contributed by atoms with Gasteiger partial charge in [0.1, 0.15) is 0 Å². The molecule has 0 spiro atoms. The Morgan fingerprint density at radius 3 is 0.941 bits per heavy atom. The Morgan fingerprint density at radius 2 is 0.627 bits per heavy atom. The second kappa shape index (κ2) is 23.4. The maximum Gasteiger partial charge on any atom is -0.0109 e. The summed E-state index contributed by atoms with van der Waals surface area (Å²) in [5.41, 5.74) is 13.9. The molecule has 9 radical (unpaired) electrons. The first kappa shape index (κ1) is 43.1. The lowest BCUT2D eigenvalue weighted by Gasteiger charge is -2.08. The Bertz CT molecular complexity index is 1710. The Balaban J connectivity index is 0.000000240. The normalized spacial score (nSPS) is 9.90. The van der Waals surface area contributed by atoms with E-state index in [0.29, 0.717) is 0 Å². The van der Waals surface area contributed by atoms with Crippen molar-refractivity contribution in [3.8, 4) is 33.4 Å². The molecule has 0 unspecified atom stereocenters. The largest absolute Gasteiger partial charge is 0.109 e. The van der Waals surface area contributed by atoms with Crippen LogP contribution in [0, 0.1) is 67.9 Å². The van der Waals surface area contributed by atoms with Crippen molar-refractivity contribution in [3.05, 3.63) is 247 Å². The van der Waals surface area contributed by atoms with E-state index in [-0.39, 0.29) is 15.8 Å². The highest BCUT2D eigenvalue weighted by molar-refractivity contribution is 7.61. The van der Waals surface area contributed by atoms with Crippen LogP contribution in [-0.4, -0.2) is 6.66 Å². The van der Waals surface area contributed by atoms with E-state index in [1.807, 2.05) is 91.6 Å². The summed E-state index contributed by atoms with van der Waals surface area (Å²) in [4.78, 5) is 0. The molecule has 0 atom stereocenters. The van der Waals surface area contributed by atoms with Crippen LogP contribution in [0.5, 0.6) is 0 Å². The Hall–Kier alpha value is -4.08. The van der Waals surface area contributed by atoms with E-state index in [4.69, 9.17) is 0 Å². The summed E-state index contributed by atoms with van der Waals surface area (Å²) in [5.74, 6) is 0. The van der Waals surface area contributed by atoms with E-state index in [1.165, 1.54) is 27.8 Å². The molecule has 6 aromatic carbocycles. The summed E-state index contributed by atoms with van der Waals surface area (Å²) in [6, 6.07) is 49.2. The molecule has 0 bridgehead atoms. The van der Waals surface area contributed by atoms with Gasteiger partial charge in [-0.3, -0.25) is 0 Å². The van der Waals surface area contributed by atoms with Gasteiger partial charge in [-0.15, -0.1) is 15.8 Å². The zero-order chi connectivity index (χ0) is 37.8. The van der Waals surface area contributed by atoms with Gasteiger partial charge in [0, 0.05) is 0 Å². The van der Waals surface area contributed by atoms with E-state index in [1.54, 1.807) is 0 Å². The lowest BCUT2D eigenvalue weighted by Crippen LogP contribution is -1.85. The quantitative estimate of drug-likeness (QED) is 0.161. The molecule has 6 rings (SSSR count). The second-order valence-corrected chi connectivity index (χ2v) is 14.8. The lowest BCUT2D eigenvalue weighted by atomic mass is 9.96. The monoisotopic (exact) mass is 701 g/mol. The van der Waals surface area contributed by atoms with Crippen molar-refractivity contribution in [1.29, 1.82) is 0 Å². The molecular formula is C49H51P2. The van der Waals surface area contributed by atoms with Crippen molar-refractivity contribution in [2.24, 2.45) is 0 Å². The van der Waals surface area contributed by atoms with Crippen molar-refractivity contribution in [3.63, 3.8) is 0 Å². The van der Waals surface area contributed by atoms with Crippen LogP contribution in [-0.2, 0) is 0 Å². The highest BCUT2D eigenvalue weighted by Crippen LogP contribution is 2.28. The molecule has 0 nitrogen and oxygen atoms in total. The molecule has 257 valence electrons. The van der Waals surface area contributed by atoms with Crippen molar-refractivity contribution < 1.29 is 0 Å². The summed E-state index contributed by atoms with van der Waals surface area (Å²) in [6.45, 7) is 41.7. The van der Waals surface area contributed by atoms with Crippen LogP contribution in [0.4, 0.5) is 0 Å². The lowest BCUT2D eigenvalue weighted by molar-refractivity contribution is 1.45. The summed E-state index contributed by atoms with van der Waals surface area (Å²) in [7, 11) is -0.491. The summed E-state index contributed by atoms with van der Waals surface area (Å²) >= 11 is 0. The Morgan fingerprint density at radius 1 is 0.392 bits per heavy atom. The highest BCUT2D eigenvalue weighted by atomic mass is 31.1. The van der Waals surface area contributed by atoms with E-state index in [0.717, 1.165) is 38.9 Å². The average Bonchev–Trinajstić information content (AvgIpc) is 3.10. The molecule has 0 aliphatic carbocycles. The van der Waals surface area contributed by atoms with Gasteiger partial charge in [0.2, 0.25) is 0 Å². The van der Waals surface area contributed by atoms with Crippen molar-refractivity contribution in [2.75, 3.05) is 6.66 Å². The van der Waals surface area contributed by atoms with Gasteiger partial charge in [0.25, 0.3) is 0 Å². The van der Waals surface area contributed by atoms with Crippen LogP contribution in [0.1, 0.15) is 33.4 Å². The molecule has 0 fully saturated rings. The molecule has 0 saturated carbocycles. The van der Waals surface area contributed by atoms with Gasteiger partial charge in [-0.05, 0) is 141 Å². The van der Waals surface area contributed by atoms with Crippen molar-refractivity contribution >= 4 is 21.9 Å². The standard InChI is InChI=1S/C15H13.C14H13.C14H12.C3H7P.C3H6P/c1-3-13-9-5-7-11-15(13)14-10-6-4-8-12(14)2;2*1-11-7-3-5-9-13(11)14-10-6-4-8-12(14)2;2*1-4(2)3/h3-11H,1-2H2;3-10H,1H2,2H3;3-10H,1-2H2;1-2H2,3H3;1-3H2. The van der Waals surface area contributed by atoms with E-state index >= 15 is 0 Å². The molecule has 0 amide bonds. The zero-order valence-corrected chi connectivity index (χ0v) is 32.2. The summed E-state index contributed by atoms with van der Waals surface area (Å²) in [5, 5.41) is 0. The van der Waals surface area contributed by atoms with E-state index < -0.39 is 0 Å². The van der Waals surface area contributed by atoms with Crippen LogP contribution in [0.15, 0.2) is 152 Å². The predicted molar refractivity (Wildman–Crippen MR) is 235 cm³/mol. The number of aryl methyl sites for hydroxylation is 1. The molecule has 2 heteroatoms. The maximum atomic E-state index is 4.04. The number of rotatable bonds is 4. The third-order valence-electron chi connectivity index (χ3n) is 7.27. The predicted octanol–water partition coefficient (Wildman–Crippen LogP) is 15.3. The smallest absolute Gasteiger partial charge is 0.0109 e. The third-order valence-corrected chi connectivity index (χ3v) is 7.27. The summed E-state index contributed by atoms with van der Waals surface area (Å²) < 4.78 is 0. The first-order chi connectivity index (χ1) is 24.4. The molecule has 0 aliphatic heterocycles. The van der Waals surface area contributed by atoms with Gasteiger partial charge >= 0.3 is 0 Å². The first-order valence-corrected chi connectivity index (χ1v) is 20.4. The second-order valence-electron chi connectivity index (χ2n) is 11.8. The molecule has 0 N–H and O–H groups in total.